The van der Waals surface area contributed by atoms with Crippen molar-refractivity contribution in [1.82, 2.24) is 4.90 Å². The molecular weight excluding hydrogens is 392 g/mol. The first kappa shape index (κ1) is 24.3. The molecule has 31 heavy (non-hydrogen) atoms. The van der Waals surface area contributed by atoms with Crippen molar-refractivity contribution in [3.05, 3.63) is 29.8 Å². The summed E-state index contributed by atoms with van der Waals surface area (Å²) in [6, 6.07) is 4.92. The summed E-state index contributed by atoms with van der Waals surface area (Å²) in [7, 11) is 3.60. The summed E-state index contributed by atoms with van der Waals surface area (Å²) in [5, 5.41) is 5.85. The molecule has 1 saturated heterocycles. The molecule has 8 nitrogen and oxygen atoms in total. The number of piperidine rings is 1. The average Bonchev–Trinajstić information content (AvgIpc) is 2.78. The summed E-state index contributed by atoms with van der Waals surface area (Å²) in [6.45, 7) is 4.90. The number of amides is 2. The van der Waals surface area contributed by atoms with Crippen LogP contribution in [0.15, 0.2) is 34.3 Å². The Labute approximate surface area is 184 Å². The molecule has 1 aliphatic heterocycles. The minimum atomic E-state index is -0.506. The number of carbonyl (C=O) groups is 2. The van der Waals surface area contributed by atoms with Gasteiger partial charge in [-0.05, 0) is 56.0 Å². The number of nitrogens with two attached hydrogens (primary N) is 1. The molecule has 0 radical (unpaired) electrons. The number of para-hydroxylation sites is 1. The third-order valence-electron chi connectivity index (χ3n) is 5.54. The molecule has 1 heterocycles. The Morgan fingerprint density at radius 2 is 2.19 bits per heavy atom. The molecule has 1 aromatic rings. The van der Waals surface area contributed by atoms with E-state index in [0.29, 0.717) is 23.5 Å². The Hall–Kier alpha value is -3.00. The Morgan fingerprint density at radius 1 is 1.39 bits per heavy atom. The standard InChI is InChI=1S/C23H34N6O2/c1-4-19(25-2)12-14-29-13-6-9-18(16-29)22(24)28-23(31)27-20-11-5-8-17(10-7-15-30)21(20)26-3/h5,7-8,10-11,15,18,26H,4,6,9,12-14,16H2,1-3H3,(H3,24,27,28,31)/b10-7-,25-19?. The monoisotopic (exact) mass is 426 g/mol. The lowest BCUT2D eigenvalue weighted by Crippen LogP contribution is -2.42. The van der Waals surface area contributed by atoms with Gasteiger partial charge in [-0.15, -0.1) is 0 Å². The van der Waals surface area contributed by atoms with E-state index in [9.17, 15) is 9.59 Å². The van der Waals surface area contributed by atoms with E-state index in [4.69, 9.17) is 5.73 Å². The second kappa shape index (κ2) is 12.6. The number of hydrogen-bond donors (Lipinski definition) is 3. The number of urea groups is 1. The molecule has 1 fully saturated rings. The van der Waals surface area contributed by atoms with Gasteiger partial charge in [-0.2, -0.15) is 4.99 Å². The van der Waals surface area contributed by atoms with E-state index < -0.39 is 6.03 Å². The molecule has 4 N–H and O–H groups in total. The molecule has 168 valence electrons. The topological polar surface area (TPSA) is 112 Å². The first-order chi connectivity index (χ1) is 15.0. The van der Waals surface area contributed by atoms with Gasteiger partial charge in [-0.1, -0.05) is 19.1 Å². The van der Waals surface area contributed by atoms with Crippen LogP contribution in [0, 0.1) is 5.92 Å². The Bertz CT molecular complexity index is 846. The first-order valence-electron chi connectivity index (χ1n) is 10.8. The van der Waals surface area contributed by atoms with Crippen LogP contribution in [-0.2, 0) is 4.79 Å². The molecule has 1 aliphatic rings. The van der Waals surface area contributed by atoms with Crippen LogP contribution < -0.4 is 16.4 Å². The summed E-state index contributed by atoms with van der Waals surface area (Å²) >= 11 is 0. The van der Waals surface area contributed by atoms with E-state index >= 15 is 0 Å². The third-order valence-corrected chi connectivity index (χ3v) is 5.54. The predicted molar refractivity (Wildman–Crippen MR) is 129 cm³/mol. The fourth-order valence-corrected chi connectivity index (χ4v) is 3.82. The van der Waals surface area contributed by atoms with Crippen molar-refractivity contribution in [1.29, 1.82) is 0 Å². The van der Waals surface area contributed by atoms with Gasteiger partial charge in [0.15, 0.2) is 0 Å². The van der Waals surface area contributed by atoms with E-state index in [0.717, 1.165) is 50.9 Å². The fourth-order valence-electron chi connectivity index (χ4n) is 3.82. The number of carbonyl (C=O) groups excluding carboxylic acids is 2. The highest BCUT2D eigenvalue weighted by Crippen LogP contribution is 2.27. The van der Waals surface area contributed by atoms with Gasteiger partial charge in [0, 0.05) is 38.8 Å². The van der Waals surface area contributed by atoms with Crippen molar-refractivity contribution in [2.75, 3.05) is 44.4 Å². The fraction of sp³-hybridized carbons (Fsp3) is 0.478. The molecule has 8 heteroatoms. The minimum Gasteiger partial charge on any atom is -0.387 e. The first-order valence-corrected chi connectivity index (χ1v) is 10.8. The molecule has 0 bridgehead atoms. The number of aldehydes is 1. The van der Waals surface area contributed by atoms with E-state index in [1.54, 1.807) is 25.3 Å². The maximum Gasteiger partial charge on any atom is 0.347 e. The van der Waals surface area contributed by atoms with Crippen molar-refractivity contribution in [3.63, 3.8) is 0 Å². The van der Waals surface area contributed by atoms with Crippen LogP contribution in [0.3, 0.4) is 0 Å². The number of allylic oxidation sites excluding steroid dienone is 1. The zero-order valence-corrected chi connectivity index (χ0v) is 18.7. The SMILES string of the molecule is CCC(CCN1CCCC(/C(N)=N/C(=O)Nc2cccc(/C=C\C=O)c2NC)C1)=NC. The van der Waals surface area contributed by atoms with E-state index in [2.05, 4.69) is 32.4 Å². The van der Waals surface area contributed by atoms with Crippen molar-refractivity contribution < 1.29 is 9.59 Å². The second-order valence-corrected chi connectivity index (χ2v) is 7.51. The zero-order chi connectivity index (χ0) is 22.6. The number of amidine groups is 1. The highest BCUT2D eigenvalue weighted by Gasteiger charge is 2.23. The maximum atomic E-state index is 12.5. The molecule has 2 amide bonds. The van der Waals surface area contributed by atoms with Crippen LogP contribution in [0.2, 0.25) is 0 Å². The van der Waals surface area contributed by atoms with Crippen LogP contribution in [0.1, 0.15) is 38.2 Å². The van der Waals surface area contributed by atoms with E-state index in [-0.39, 0.29) is 5.92 Å². The summed E-state index contributed by atoms with van der Waals surface area (Å²) in [6.07, 6.45) is 7.68. The Kier molecular flexibility index (Phi) is 9.90. The molecule has 1 atom stereocenters. The van der Waals surface area contributed by atoms with Gasteiger partial charge in [0.05, 0.1) is 11.4 Å². The van der Waals surface area contributed by atoms with Crippen molar-refractivity contribution in [2.45, 2.75) is 32.6 Å². The van der Waals surface area contributed by atoms with E-state index in [1.165, 1.54) is 11.8 Å². The van der Waals surface area contributed by atoms with Crippen LogP contribution in [-0.4, -0.2) is 62.5 Å². The number of anilines is 2. The summed E-state index contributed by atoms with van der Waals surface area (Å²) in [4.78, 5) is 34.0. The molecule has 0 spiro atoms. The van der Waals surface area contributed by atoms with Gasteiger partial charge in [0.25, 0.3) is 0 Å². The minimum absolute atomic E-state index is 0.0637. The van der Waals surface area contributed by atoms with Gasteiger partial charge >= 0.3 is 6.03 Å². The molecule has 0 aromatic heterocycles. The van der Waals surface area contributed by atoms with Gasteiger partial charge in [0.2, 0.25) is 0 Å². The maximum absolute atomic E-state index is 12.5. The Morgan fingerprint density at radius 3 is 2.87 bits per heavy atom. The normalized spacial score (nSPS) is 18.2. The largest absolute Gasteiger partial charge is 0.387 e. The molecule has 0 saturated carbocycles. The van der Waals surface area contributed by atoms with Gasteiger partial charge < -0.3 is 21.3 Å². The number of rotatable bonds is 9. The summed E-state index contributed by atoms with van der Waals surface area (Å²) in [5.74, 6) is 0.429. The van der Waals surface area contributed by atoms with Crippen LogP contribution >= 0.6 is 0 Å². The average molecular weight is 427 g/mol. The van der Waals surface area contributed by atoms with Gasteiger partial charge in [-0.3, -0.25) is 9.79 Å². The van der Waals surface area contributed by atoms with E-state index in [1.807, 2.05) is 13.1 Å². The van der Waals surface area contributed by atoms with Crippen LogP contribution in [0.25, 0.3) is 6.08 Å². The predicted octanol–water partition coefficient (Wildman–Crippen LogP) is 3.41. The number of aliphatic imine (C=N–C) groups is 2. The lowest BCUT2D eigenvalue weighted by molar-refractivity contribution is -0.104. The highest BCUT2D eigenvalue weighted by molar-refractivity contribution is 6.02. The second-order valence-electron chi connectivity index (χ2n) is 7.51. The van der Waals surface area contributed by atoms with Crippen molar-refractivity contribution in [2.24, 2.45) is 21.6 Å². The highest BCUT2D eigenvalue weighted by atomic mass is 16.2. The zero-order valence-electron chi connectivity index (χ0n) is 18.7. The molecule has 1 unspecified atom stereocenters. The van der Waals surface area contributed by atoms with Gasteiger partial charge in [-0.25, -0.2) is 4.79 Å². The Balaban J connectivity index is 2.02. The summed E-state index contributed by atoms with van der Waals surface area (Å²) in [5.41, 5.74) is 9.50. The third kappa shape index (κ3) is 7.32. The van der Waals surface area contributed by atoms with Gasteiger partial charge in [0.1, 0.15) is 12.1 Å². The number of likely N-dealkylation sites (tertiary alicyclic amines) is 1. The number of hydrogen-bond acceptors (Lipinski definition) is 5. The molecule has 1 aromatic carbocycles. The van der Waals surface area contributed by atoms with Crippen molar-refractivity contribution >= 4 is 41.3 Å². The lowest BCUT2D eigenvalue weighted by atomic mass is 9.96. The lowest BCUT2D eigenvalue weighted by Gasteiger charge is -2.32. The number of nitrogens with zero attached hydrogens (tertiary/aromatic N) is 3. The molecular formula is C23H34N6O2. The smallest absolute Gasteiger partial charge is 0.347 e. The molecule has 0 aliphatic carbocycles. The number of nitrogens with one attached hydrogen (secondary N) is 2. The summed E-state index contributed by atoms with van der Waals surface area (Å²) < 4.78 is 0. The van der Waals surface area contributed by atoms with Crippen LogP contribution in [0.4, 0.5) is 16.2 Å². The number of benzene rings is 1. The molecule has 2 rings (SSSR count). The quantitative estimate of drug-likeness (QED) is 0.242. The van der Waals surface area contributed by atoms with Crippen LogP contribution in [0.5, 0.6) is 0 Å². The van der Waals surface area contributed by atoms with Crippen molar-refractivity contribution in [3.8, 4) is 0 Å².